The lowest BCUT2D eigenvalue weighted by Gasteiger charge is -2.22. The molecule has 1 aliphatic rings. The van der Waals surface area contributed by atoms with Crippen molar-refractivity contribution in [3.05, 3.63) is 29.8 Å². The molecule has 1 atom stereocenters. The van der Waals surface area contributed by atoms with Crippen molar-refractivity contribution in [1.82, 2.24) is 5.32 Å². The maximum absolute atomic E-state index is 12.0. The zero-order chi connectivity index (χ0) is 13.7. The van der Waals surface area contributed by atoms with E-state index in [1.54, 1.807) is 0 Å². The fraction of sp³-hybridized carbons (Fsp3) is 0.533. The number of carbonyl (C=O) groups is 1. The van der Waals surface area contributed by atoms with E-state index in [9.17, 15) is 4.79 Å². The summed E-state index contributed by atoms with van der Waals surface area (Å²) in [5, 5.41) is 6.38. The van der Waals surface area contributed by atoms with Gasteiger partial charge in [0.2, 0.25) is 5.91 Å². The molecule has 2 N–H and O–H groups in total. The summed E-state index contributed by atoms with van der Waals surface area (Å²) in [7, 11) is 0. The summed E-state index contributed by atoms with van der Waals surface area (Å²) in [5.41, 5.74) is 2.16. The maximum Gasteiger partial charge on any atom is 0.225 e. The van der Waals surface area contributed by atoms with Gasteiger partial charge < -0.3 is 10.6 Å². The number of nitrogens with one attached hydrogen (secondary N) is 2. The molecule has 1 unspecified atom stereocenters. The van der Waals surface area contributed by atoms with E-state index < -0.39 is 0 Å². The zero-order valence-electron chi connectivity index (χ0n) is 12.0. The van der Waals surface area contributed by atoms with E-state index in [1.807, 2.05) is 23.9 Å². The van der Waals surface area contributed by atoms with Crippen LogP contribution < -0.4 is 10.6 Å². The summed E-state index contributed by atoms with van der Waals surface area (Å²) in [6, 6.07) is 8.42. The average molecular weight is 315 g/mol. The van der Waals surface area contributed by atoms with Crippen molar-refractivity contribution in [2.24, 2.45) is 0 Å². The van der Waals surface area contributed by atoms with E-state index >= 15 is 0 Å². The summed E-state index contributed by atoms with van der Waals surface area (Å²) in [4.78, 5) is 12.0. The zero-order valence-corrected chi connectivity index (χ0v) is 13.7. The van der Waals surface area contributed by atoms with E-state index in [-0.39, 0.29) is 18.3 Å². The van der Waals surface area contributed by atoms with E-state index in [0.29, 0.717) is 18.4 Å². The molecule has 3 nitrogen and oxygen atoms in total. The van der Waals surface area contributed by atoms with Crippen molar-refractivity contribution >= 4 is 35.8 Å². The van der Waals surface area contributed by atoms with Crippen LogP contribution in [0.5, 0.6) is 0 Å². The molecular formula is C15H23ClN2OS. The molecule has 0 radical (unpaired) electrons. The van der Waals surface area contributed by atoms with Gasteiger partial charge in [-0.25, -0.2) is 0 Å². The van der Waals surface area contributed by atoms with Gasteiger partial charge in [0.05, 0.1) is 0 Å². The first-order valence-electron chi connectivity index (χ1n) is 6.86. The Bertz CT molecular complexity index is 434. The fourth-order valence-corrected chi connectivity index (χ4v) is 3.11. The van der Waals surface area contributed by atoms with Crippen LogP contribution in [0.2, 0.25) is 0 Å². The molecule has 0 saturated carbocycles. The van der Waals surface area contributed by atoms with Gasteiger partial charge in [0, 0.05) is 36.2 Å². The molecule has 2 rings (SSSR count). The maximum atomic E-state index is 12.0. The third-order valence-corrected chi connectivity index (χ3v) is 4.40. The molecule has 1 fully saturated rings. The van der Waals surface area contributed by atoms with Crippen LogP contribution in [0.3, 0.4) is 0 Å². The number of hydrogen-bond acceptors (Lipinski definition) is 3. The molecule has 20 heavy (non-hydrogen) atoms. The van der Waals surface area contributed by atoms with E-state index in [0.717, 1.165) is 23.7 Å². The number of benzene rings is 1. The Morgan fingerprint density at radius 1 is 1.50 bits per heavy atom. The third-order valence-electron chi connectivity index (χ3n) is 3.27. The van der Waals surface area contributed by atoms with Crippen LogP contribution in [-0.2, 0) is 4.79 Å². The molecule has 0 aromatic heterocycles. The van der Waals surface area contributed by atoms with Crippen molar-refractivity contribution in [3.8, 4) is 0 Å². The topological polar surface area (TPSA) is 41.1 Å². The normalized spacial score (nSPS) is 18.4. The summed E-state index contributed by atoms with van der Waals surface area (Å²) < 4.78 is 0. The van der Waals surface area contributed by atoms with E-state index in [4.69, 9.17) is 0 Å². The molecule has 1 heterocycles. The largest absolute Gasteiger partial charge is 0.326 e. The second kappa shape index (κ2) is 8.55. The highest BCUT2D eigenvalue weighted by Crippen LogP contribution is 2.19. The number of rotatable bonds is 4. The Balaban J connectivity index is 0.00000200. The predicted molar refractivity (Wildman–Crippen MR) is 90.1 cm³/mol. The van der Waals surface area contributed by atoms with Gasteiger partial charge in [0.15, 0.2) is 0 Å². The summed E-state index contributed by atoms with van der Waals surface area (Å²) in [6.45, 7) is 5.32. The number of thioether (sulfide) groups is 1. The molecule has 0 aliphatic carbocycles. The number of amides is 1. The Hall–Kier alpha value is -0.710. The quantitative estimate of drug-likeness (QED) is 0.896. The summed E-state index contributed by atoms with van der Waals surface area (Å²) in [5.74, 6) is 2.75. The van der Waals surface area contributed by atoms with Gasteiger partial charge in [-0.05, 0) is 23.6 Å². The molecule has 1 aromatic rings. The van der Waals surface area contributed by atoms with Gasteiger partial charge in [0.1, 0.15) is 0 Å². The molecule has 1 amide bonds. The van der Waals surface area contributed by atoms with E-state index in [1.165, 1.54) is 5.56 Å². The number of halogens is 1. The minimum absolute atomic E-state index is 0. The molecule has 0 bridgehead atoms. The van der Waals surface area contributed by atoms with Gasteiger partial charge in [0.25, 0.3) is 0 Å². The summed E-state index contributed by atoms with van der Waals surface area (Å²) >= 11 is 1.92. The van der Waals surface area contributed by atoms with Crippen LogP contribution in [0.25, 0.3) is 0 Å². The van der Waals surface area contributed by atoms with Crippen molar-refractivity contribution in [1.29, 1.82) is 0 Å². The summed E-state index contributed by atoms with van der Waals surface area (Å²) in [6.07, 6.45) is 0.554. The SMILES string of the molecule is CC(C)c1cccc(NC(=O)CC2CSCCN2)c1.Cl. The van der Waals surface area contributed by atoms with Gasteiger partial charge in [-0.1, -0.05) is 26.0 Å². The molecule has 1 saturated heterocycles. The monoisotopic (exact) mass is 314 g/mol. The van der Waals surface area contributed by atoms with Gasteiger partial charge >= 0.3 is 0 Å². The molecular weight excluding hydrogens is 292 g/mol. The highest BCUT2D eigenvalue weighted by Gasteiger charge is 2.16. The van der Waals surface area contributed by atoms with Gasteiger partial charge in [-0.2, -0.15) is 11.8 Å². The van der Waals surface area contributed by atoms with Crippen LogP contribution in [0.1, 0.15) is 31.7 Å². The lowest BCUT2D eigenvalue weighted by molar-refractivity contribution is -0.116. The van der Waals surface area contributed by atoms with E-state index in [2.05, 4.69) is 36.6 Å². The second-order valence-electron chi connectivity index (χ2n) is 5.26. The number of carbonyl (C=O) groups excluding carboxylic acids is 1. The van der Waals surface area contributed by atoms with Crippen molar-refractivity contribution in [2.75, 3.05) is 23.4 Å². The molecule has 5 heteroatoms. The van der Waals surface area contributed by atoms with Crippen molar-refractivity contribution in [2.45, 2.75) is 32.2 Å². The number of hydrogen-bond donors (Lipinski definition) is 2. The van der Waals surface area contributed by atoms with Crippen LogP contribution >= 0.6 is 24.2 Å². The molecule has 0 spiro atoms. The highest BCUT2D eigenvalue weighted by molar-refractivity contribution is 7.99. The second-order valence-corrected chi connectivity index (χ2v) is 6.41. The first-order chi connectivity index (χ1) is 9.15. The Labute approximate surface area is 131 Å². The average Bonchev–Trinajstić information content (AvgIpc) is 2.40. The predicted octanol–water partition coefficient (Wildman–Crippen LogP) is 3.27. The van der Waals surface area contributed by atoms with Crippen molar-refractivity contribution < 1.29 is 4.79 Å². The highest BCUT2D eigenvalue weighted by atomic mass is 35.5. The smallest absolute Gasteiger partial charge is 0.225 e. The first kappa shape index (κ1) is 17.3. The first-order valence-corrected chi connectivity index (χ1v) is 8.01. The molecule has 1 aliphatic heterocycles. The van der Waals surface area contributed by atoms with Gasteiger partial charge in [-0.3, -0.25) is 4.79 Å². The molecule has 1 aromatic carbocycles. The lowest BCUT2D eigenvalue weighted by atomic mass is 10.0. The third kappa shape index (κ3) is 5.35. The van der Waals surface area contributed by atoms with Crippen LogP contribution in [0.4, 0.5) is 5.69 Å². The minimum Gasteiger partial charge on any atom is -0.326 e. The van der Waals surface area contributed by atoms with Crippen molar-refractivity contribution in [3.63, 3.8) is 0 Å². The number of anilines is 1. The van der Waals surface area contributed by atoms with Crippen LogP contribution in [-0.4, -0.2) is 30.0 Å². The van der Waals surface area contributed by atoms with Crippen LogP contribution in [0, 0.1) is 0 Å². The Morgan fingerprint density at radius 3 is 2.95 bits per heavy atom. The Kier molecular flexibility index (Phi) is 7.41. The lowest BCUT2D eigenvalue weighted by Crippen LogP contribution is -2.39. The molecule has 112 valence electrons. The minimum atomic E-state index is 0. The standard InChI is InChI=1S/C15H22N2OS.ClH/c1-11(2)12-4-3-5-13(8-12)17-15(18)9-14-10-19-7-6-16-14;/h3-5,8,11,14,16H,6-7,9-10H2,1-2H3,(H,17,18);1H. The van der Waals surface area contributed by atoms with Crippen LogP contribution in [0.15, 0.2) is 24.3 Å². The van der Waals surface area contributed by atoms with Gasteiger partial charge in [-0.15, -0.1) is 12.4 Å². The Morgan fingerprint density at radius 2 is 2.30 bits per heavy atom. The fourth-order valence-electron chi connectivity index (χ4n) is 2.16.